The zero-order chi connectivity index (χ0) is 14.4. The van der Waals surface area contributed by atoms with Crippen LogP contribution in [-0.4, -0.2) is 21.6 Å². The molecule has 1 aromatic heterocycles. The number of nitrogens with zero attached hydrogens (tertiary/aromatic N) is 3. The van der Waals surface area contributed by atoms with Crippen molar-refractivity contribution in [2.75, 3.05) is 6.61 Å². The lowest BCUT2D eigenvalue weighted by atomic mass is 10.1. The van der Waals surface area contributed by atoms with Crippen LogP contribution in [0.1, 0.15) is 37.1 Å². The quantitative estimate of drug-likeness (QED) is 0.842. The first-order chi connectivity index (χ1) is 9.70. The highest BCUT2D eigenvalue weighted by molar-refractivity contribution is 5.31. The molecule has 0 amide bonds. The van der Waals surface area contributed by atoms with E-state index in [1.54, 1.807) is 4.68 Å². The summed E-state index contributed by atoms with van der Waals surface area (Å²) in [7, 11) is 0. The number of nitrogens with two attached hydrogens (primary N) is 1. The third-order valence-corrected chi connectivity index (χ3v) is 3.21. The molecule has 2 aromatic rings. The van der Waals surface area contributed by atoms with Gasteiger partial charge in [-0.1, -0.05) is 36.8 Å². The van der Waals surface area contributed by atoms with Gasteiger partial charge in [-0.25, -0.2) is 4.68 Å². The third kappa shape index (κ3) is 3.81. The van der Waals surface area contributed by atoms with Crippen molar-refractivity contribution in [1.29, 1.82) is 0 Å². The molecule has 108 valence electrons. The predicted molar refractivity (Wildman–Crippen MR) is 78.5 cm³/mol. The van der Waals surface area contributed by atoms with Crippen molar-refractivity contribution in [3.63, 3.8) is 0 Å². The first-order valence-electron chi connectivity index (χ1n) is 7.04. The van der Waals surface area contributed by atoms with Gasteiger partial charge in [-0.2, -0.15) is 0 Å². The highest BCUT2D eigenvalue weighted by Gasteiger charge is 2.09. The molecule has 1 heterocycles. The molecular weight excluding hydrogens is 252 g/mol. The smallest absolute Gasteiger partial charge is 0.122 e. The lowest BCUT2D eigenvalue weighted by Crippen LogP contribution is -2.10. The topological polar surface area (TPSA) is 66.0 Å². The van der Waals surface area contributed by atoms with Crippen LogP contribution in [0.2, 0.25) is 0 Å². The van der Waals surface area contributed by atoms with Gasteiger partial charge in [0, 0.05) is 0 Å². The Morgan fingerprint density at radius 3 is 2.90 bits per heavy atom. The summed E-state index contributed by atoms with van der Waals surface area (Å²) in [5, 5.41) is 8.19. The van der Waals surface area contributed by atoms with E-state index in [-0.39, 0.29) is 6.04 Å². The predicted octanol–water partition coefficient (Wildman–Crippen LogP) is 2.47. The fourth-order valence-corrected chi connectivity index (χ4v) is 2.02. The Hall–Kier alpha value is -1.88. The second-order valence-electron chi connectivity index (χ2n) is 4.92. The molecule has 1 atom stereocenters. The maximum absolute atomic E-state index is 6.01. The van der Waals surface area contributed by atoms with E-state index in [1.165, 1.54) is 0 Å². The Morgan fingerprint density at radius 1 is 1.35 bits per heavy atom. The van der Waals surface area contributed by atoms with E-state index < -0.39 is 0 Å². The van der Waals surface area contributed by atoms with Gasteiger partial charge >= 0.3 is 0 Å². The molecule has 5 nitrogen and oxygen atoms in total. The molecule has 0 aliphatic carbocycles. The lowest BCUT2D eigenvalue weighted by molar-refractivity contribution is 0.288. The molecular formula is C15H22N4O. The van der Waals surface area contributed by atoms with Gasteiger partial charge in [-0.05, 0) is 25.0 Å². The van der Waals surface area contributed by atoms with Crippen LogP contribution in [0.5, 0.6) is 5.75 Å². The van der Waals surface area contributed by atoms with Gasteiger partial charge in [-0.3, -0.25) is 0 Å². The molecule has 5 heteroatoms. The third-order valence-electron chi connectivity index (χ3n) is 3.21. The van der Waals surface area contributed by atoms with Crippen LogP contribution < -0.4 is 10.5 Å². The zero-order valence-corrected chi connectivity index (χ0v) is 12.1. The van der Waals surface area contributed by atoms with Crippen LogP contribution in [0.25, 0.3) is 0 Å². The minimum Gasteiger partial charge on any atom is -0.491 e. The Labute approximate surface area is 119 Å². The molecule has 0 spiro atoms. The van der Waals surface area contributed by atoms with Crippen molar-refractivity contribution < 1.29 is 4.74 Å². The molecule has 0 fully saturated rings. The molecule has 0 aliphatic rings. The van der Waals surface area contributed by atoms with Crippen LogP contribution in [-0.2, 0) is 6.54 Å². The summed E-state index contributed by atoms with van der Waals surface area (Å²) in [4.78, 5) is 0. The molecule has 0 aliphatic heterocycles. The Bertz CT molecular complexity index is 538. The monoisotopic (exact) mass is 274 g/mol. The number of ether oxygens (including phenoxy) is 1. The summed E-state index contributed by atoms with van der Waals surface area (Å²) in [5.41, 5.74) is 8.00. The fourth-order valence-electron chi connectivity index (χ4n) is 2.02. The van der Waals surface area contributed by atoms with Gasteiger partial charge in [0.15, 0.2) is 0 Å². The number of aryl methyl sites for hydroxylation is 1. The van der Waals surface area contributed by atoms with Gasteiger partial charge in [0.25, 0.3) is 0 Å². The number of hydrogen-bond acceptors (Lipinski definition) is 4. The second kappa shape index (κ2) is 7.05. The van der Waals surface area contributed by atoms with E-state index >= 15 is 0 Å². The van der Waals surface area contributed by atoms with E-state index in [1.807, 2.05) is 37.4 Å². The number of rotatable bonds is 7. The molecule has 2 rings (SSSR count). The summed E-state index contributed by atoms with van der Waals surface area (Å²) >= 11 is 0. The van der Waals surface area contributed by atoms with Crippen molar-refractivity contribution >= 4 is 0 Å². The average molecular weight is 274 g/mol. The van der Waals surface area contributed by atoms with Gasteiger partial charge in [0.05, 0.1) is 24.5 Å². The summed E-state index contributed by atoms with van der Waals surface area (Å²) in [6.07, 6.45) is 3.88. The van der Waals surface area contributed by atoms with Crippen LogP contribution >= 0.6 is 0 Å². The Morgan fingerprint density at radius 2 is 2.15 bits per heavy atom. The molecule has 20 heavy (non-hydrogen) atoms. The highest BCUT2D eigenvalue weighted by Crippen LogP contribution is 2.16. The number of aromatic nitrogens is 3. The molecule has 0 bridgehead atoms. The number of benzene rings is 1. The van der Waals surface area contributed by atoms with Crippen LogP contribution in [0, 0.1) is 6.92 Å². The van der Waals surface area contributed by atoms with Crippen LogP contribution in [0.4, 0.5) is 0 Å². The van der Waals surface area contributed by atoms with E-state index in [4.69, 9.17) is 10.5 Å². The Balaban J connectivity index is 1.84. The molecule has 2 N–H and O–H groups in total. The normalized spacial score (nSPS) is 12.3. The van der Waals surface area contributed by atoms with Gasteiger partial charge in [-0.15, -0.1) is 5.10 Å². The number of para-hydroxylation sites is 1. The van der Waals surface area contributed by atoms with Gasteiger partial charge in [0.1, 0.15) is 12.4 Å². The maximum Gasteiger partial charge on any atom is 0.122 e. The molecule has 0 saturated heterocycles. The summed E-state index contributed by atoms with van der Waals surface area (Å²) in [5.74, 6) is 0.913. The van der Waals surface area contributed by atoms with Crippen molar-refractivity contribution in [1.82, 2.24) is 15.0 Å². The molecule has 1 unspecified atom stereocenters. The summed E-state index contributed by atoms with van der Waals surface area (Å²) in [6, 6.07) is 7.96. The van der Waals surface area contributed by atoms with E-state index in [9.17, 15) is 0 Å². The van der Waals surface area contributed by atoms with Crippen LogP contribution in [0.3, 0.4) is 0 Å². The largest absolute Gasteiger partial charge is 0.491 e. The standard InChI is InChI=1S/C15H22N4O/c1-3-6-13(16)14-11-19(18-17-14)9-10-20-15-8-5-4-7-12(15)2/h4-5,7-8,11,13H,3,6,9-10,16H2,1-2H3. The van der Waals surface area contributed by atoms with Gasteiger partial charge < -0.3 is 10.5 Å². The molecule has 0 radical (unpaired) electrons. The molecule has 0 saturated carbocycles. The highest BCUT2D eigenvalue weighted by atomic mass is 16.5. The van der Waals surface area contributed by atoms with Crippen molar-refractivity contribution in [2.45, 2.75) is 39.3 Å². The average Bonchev–Trinajstić information content (AvgIpc) is 2.90. The lowest BCUT2D eigenvalue weighted by Gasteiger charge is -2.08. The van der Waals surface area contributed by atoms with Crippen molar-refractivity contribution in [3.8, 4) is 5.75 Å². The summed E-state index contributed by atoms with van der Waals surface area (Å²) in [6.45, 7) is 5.38. The molecule has 1 aromatic carbocycles. The van der Waals surface area contributed by atoms with E-state index in [0.29, 0.717) is 13.2 Å². The minimum absolute atomic E-state index is 0.0222. The maximum atomic E-state index is 6.01. The van der Waals surface area contributed by atoms with Crippen molar-refractivity contribution in [2.24, 2.45) is 5.73 Å². The van der Waals surface area contributed by atoms with Crippen molar-refractivity contribution in [3.05, 3.63) is 41.7 Å². The first-order valence-corrected chi connectivity index (χ1v) is 7.04. The van der Waals surface area contributed by atoms with Crippen LogP contribution in [0.15, 0.2) is 30.5 Å². The van der Waals surface area contributed by atoms with E-state index in [2.05, 4.69) is 17.2 Å². The number of hydrogen-bond donors (Lipinski definition) is 1. The van der Waals surface area contributed by atoms with E-state index in [0.717, 1.165) is 29.8 Å². The second-order valence-corrected chi connectivity index (χ2v) is 4.92. The fraction of sp³-hybridized carbons (Fsp3) is 0.467. The summed E-state index contributed by atoms with van der Waals surface area (Å²) < 4.78 is 7.52. The zero-order valence-electron chi connectivity index (χ0n) is 12.1. The van der Waals surface area contributed by atoms with Gasteiger partial charge in [0.2, 0.25) is 0 Å². The SMILES string of the molecule is CCCC(N)c1cn(CCOc2ccccc2C)nn1. The first kappa shape index (κ1) is 14.5. The Kier molecular flexibility index (Phi) is 5.12. The minimum atomic E-state index is -0.0222.